The summed E-state index contributed by atoms with van der Waals surface area (Å²) in [5.41, 5.74) is 0.771. The highest BCUT2D eigenvalue weighted by molar-refractivity contribution is 5.98. The molecule has 0 saturated carbocycles. The molecule has 3 rings (SSSR count). The van der Waals surface area contributed by atoms with E-state index >= 15 is 0 Å². The molecule has 2 N–H and O–H groups in total. The highest BCUT2D eigenvalue weighted by Gasteiger charge is 2.25. The molecule has 0 radical (unpaired) electrons. The van der Waals surface area contributed by atoms with Gasteiger partial charge >= 0.3 is 6.03 Å². The Kier molecular flexibility index (Phi) is 3.06. The highest BCUT2D eigenvalue weighted by Crippen LogP contribution is 2.19. The monoisotopic (exact) mass is 262 g/mol. The van der Waals surface area contributed by atoms with Gasteiger partial charge in [0.2, 0.25) is 5.96 Å². The van der Waals surface area contributed by atoms with Gasteiger partial charge in [-0.1, -0.05) is 12.1 Å². The van der Waals surface area contributed by atoms with Crippen LogP contribution < -0.4 is 10.6 Å². The van der Waals surface area contributed by atoms with Gasteiger partial charge in [-0.3, -0.25) is 5.32 Å². The minimum Gasteiger partial charge on any atom is -0.343 e. The SMILES string of the molecule is O=C1NC(N2CCCC2)=NC(c2ccc(F)cc2)N1. The van der Waals surface area contributed by atoms with E-state index in [0.29, 0.717) is 5.96 Å². The number of amides is 2. The van der Waals surface area contributed by atoms with Gasteiger partial charge in [0.05, 0.1) is 0 Å². The van der Waals surface area contributed by atoms with Gasteiger partial charge in [-0.05, 0) is 30.5 Å². The van der Waals surface area contributed by atoms with Crippen molar-refractivity contribution < 1.29 is 9.18 Å². The second-order valence-electron chi connectivity index (χ2n) is 4.70. The number of hydrogen-bond donors (Lipinski definition) is 2. The van der Waals surface area contributed by atoms with Crippen LogP contribution in [0.4, 0.5) is 9.18 Å². The minimum absolute atomic E-state index is 0.272. The smallest absolute Gasteiger partial charge is 0.323 e. The van der Waals surface area contributed by atoms with Crippen molar-refractivity contribution in [3.8, 4) is 0 Å². The van der Waals surface area contributed by atoms with E-state index in [0.717, 1.165) is 31.5 Å². The number of hydrogen-bond acceptors (Lipinski definition) is 3. The number of carbonyl (C=O) groups is 1. The number of nitrogens with zero attached hydrogens (tertiary/aromatic N) is 2. The van der Waals surface area contributed by atoms with Crippen molar-refractivity contribution in [1.29, 1.82) is 0 Å². The fourth-order valence-corrected chi connectivity index (χ4v) is 2.34. The van der Waals surface area contributed by atoms with Gasteiger partial charge in [-0.25, -0.2) is 14.2 Å². The Morgan fingerprint density at radius 2 is 1.89 bits per heavy atom. The van der Waals surface area contributed by atoms with Crippen molar-refractivity contribution >= 4 is 12.0 Å². The van der Waals surface area contributed by atoms with E-state index in [4.69, 9.17) is 0 Å². The van der Waals surface area contributed by atoms with Gasteiger partial charge in [-0.2, -0.15) is 0 Å². The highest BCUT2D eigenvalue weighted by atomic mass is 19.1. The van der Waals surface area contributed by atoms with E-state index in [1.165, 1.54) is 12.1 Å². The van der Waals surface area contributed by atoms with Crippen LogP contribution in [-0.4, -0.2) is 30.0 Å². The Balaban J connectivity index is 1.85. The third-order valence-electron chi connectivity index (χ3n) is 3.34. The molecule has 1 aromatic rings. The summed E-state index contributed by atoms with van der Waals surface area (Å²) in [6.07, 6.45) is 1.78. The molecule has 2 amide bonds. The van der Waals surface area contributed by atoms with E-state index in [1.54, 1.807) is 12.1 Å². The molecule has 2 aliphatic rings. The number of carbonyl (C=O) groups excluding carboxylic acids is 1. The van der Waals surface area contributed by atoms with Crippen molar-refractivity contribution in [1.82, 2.24) is 15.5 Å². The molecule has 0 bridgehead atoms. The molecule has 5 nitrogen and oxygen atoms in total. The first kappa shape index (κ1) is 12.0. The van der Waals surface area contributed by atoms with Crippen LogP contribution in [0, 0.1) is 5.82 Å². The first-order chi connectivity index (χ1) is 9.22. The number of urea groups is 1. The first-order valence-corrected chi connectivity index (χ1v) is 6.38. The molecule has 1 atom stereocenters. The quantitative estimate of drug-likeness (QED) is 0.807. The predicted molar refractivity (Wildman–Crippen MR) is 69.1 cm³/mol. The van der Waals surface area contributed by atoms with Gasteiger partial charge in [-0.15, -0.1) is 0 Å². The Morgan fingerprint density at radius 3 is 2.58 bits per heavy atom. The molecular formula is C13H15FN4O. The molecule has 2 heterocycles. The molecule has 19 heavy (non-hydrogen) atoms. The topological polar surface area (TPSA) is 56.7 Å². The van der Waals surface area contributed by atoms with Crippen molar-refractivity contribution in [2.45, 2.75) is 19.0 Å². The number of nitrogens with one attached hydrogen (secondary N) is 2. The zero-order chi connectivity index (χ0) is 13.2. The predicted octanol–water partition coefficient (Wildman–Crippen LogP) is 1.59. The Bertz CT molecular complexity index is 508. The average Bonchev–Trinajstić information content (AvgIpc) is 2.93. The zero-order valence-electron chi connectivity index (χ0n) is 10.4. The largest absolute Gasteiger partial charge is 0.343 e. The number of halogens is 1. The van der Waals surface area contributed by atoms with E-state index in [1.807, 2.05) is 0 Å². The molecule has 100 valence electrons. The summed E-state index contributed by atoms with van der Waals surface area (Å²) in [6, 6.07) is 5.74. The third-order valence-corrected chi connectivity index (χ3v) is 3.34. The van der Waals surface area contributed by atoms with Crippen LogP contribution in [0.1, 0.15) is 24.6 Å². The Morgan fingerprint density at radius 1 is 1.21 bits per heavy atom. The van der Waals surface area contributed by atoms with Crippen molar-refractivity contribution in [2.75, 3.05) is 13.1 Å². The summed E-state index contributed by atoms with van der Waals surface area (Å²) >= 11 is 0. The van der Waals surface area contributed by atoms with E-state index in [-0.39, 0.29) is 11.8 Å². The third kappa shape index (κ3) is 2.52. The van der Waals surface area contributed by atoms with E-state index in [9.17, 15) is 9.18 Å². The molecule has 1 unspecified atom stereocenters. The molecule has 1 aromatic carbocycles. The molecular weight excluding hydrogens is 247 g/mol. The summed E-state index contributed by atoms with van der Waals surface area (Å²) in [6.45, 7) is 1.82. The van der Waals surface area contributed by atoms with Crippen LogP contribution in [0.2, 0.25) is 0 Å². The molecule has 1 fully saturated rings. The number of aliphatic imine (C=N–C) groups is 1. The first-order valence-electron chi connectivity index (χ1n) is 6.38. The van der Waals surface area contributed by atoms with Crippen LogP contribution in [0.3, 0.4) is 0 Å². The minimum atomic E-state index is -0.454. The average molecular weight is 262 g/mol. The van der Waals surface area contributed by atoms with E-state index < -0.39 is 6.17 Å². The van der Waals surface area contributed by atoms with Crippen molar-refractivity contribution in [3.05, 3.63) is 35.6 Å². The second-order valence-corrected chi connectivity index (χ2v) is 4.70. The maximum absolute atomic E-state index is 12.9. The lowest BCUT2D eigenvalue weighted by molar-refractivity contribution is 0.238. The Hall–Kier alpha value is -2.11. The number of likely N-dealkylation sites (tertiary alicyclic amines) is 1. The molecule has 0 spiro atoms. The van der Waals surface area contributed by atoms with Crippen molar-refractivity contribution in [3.63, 3.8) is 0 Å². The van der Waals surface area contributed by atoms with Gasteiger partial charge in [0.25, 0.3) is 0 Å². The van der Waals surface area contributed by atoms with Crippen molar-refractivity contribution in [2.24, 2.45) is 4.99 Å². The lowest BCUT2D eigenvalue weighted by Gasteiger charge is -2.28. The summed E-state index contributed by atoms with van der Waals surface area (Å²) in [7, 11) is 0. The van der Waals surface area contributed by atoms with Crippen LogP contribution in [0.25, 0.3) is 0 Å². The Labute approximate surface area is 110 Å². The normalized spacial score (nSPS) is 22.8. The summed E-state index contributed by atoms with van der Waals surface area (Å²) < 4.78 is 12.9. The molecule has 0 aliphatic carbocycles. The lowest BCUT2D eigenvalue weighted by Crippen LogP contribution is -2.52. The van der Waals surface area contributed by atoms with Crippen LogP contribution in [-0.2, 0) is 0 Å². The summed E-state index contributed by atoms with van der Waals surface area (Å²) in [4.78, 5) is 18.2. The van der Waals surface area contributed by atoms with Gasteiger partial charge in [0.15, 0.2) is 6.17 Å². The maximum Gasteiger partial charge on any atom is 0.323 e. The molecule has 1 saturated heterocycles. The molecule has 6 heteroatoms. The summed E-state index contributed by atoms with van der Waals surface area (Å²) in [5.74, 6) is 0.309. The second kappa shape index (κ2) is 4.87. The fourth-order valence-electron chi connectivity index (χ4n) is 2.34. The zero-order valence-corrected chi connectivity index (χ0v) is 10.4. The number of rotatable bonds is 1. The number of benzene rings is 1. The van der Waals surface area contributed by atoms with Crippen LogP contribution in [0.5, 0.6) is 0 Å². The summed E-state index contributed by atoms with van der Waals surface area (Å²) in [5, 5.41) is 5.44. The van der Waals surface area contributed by atoms with Gasteiger partial charge < -0.3 is 10.2 Å². The standard InChI is InChI=1S/C13H15FN4O/c14-10-5-3-9(4-6-10)11-15-12(17-13(19)16-11)18-7-1-2-8-18/h3-6,11H,1-2,7-8H2,(H2,15,16,17,19). The molecule has 2 aliphatic heterocycles. The lowest BCUT2D eigenvalue weighted by atomic mass is 10.1. The van der Waals surface area contributed by atoms with E-state index in [2.05, 4.69) is 20.5 Å². The van der Waals surface area contributed by atoms with Crippen LogP contribution in [0.15, 0.2) is 29.3 Å². The fraction of sp³-hybridized carbons (Fsp3) is 0.385. The van der Waals surface area contributed by atoms with Crippen LogP contribution >= 0.6 is 0 Å². The van der Waals surface area contributed by atoms with Gasteiger partial charge in [0, 0.05) is 13.1 Å². The number of guanidine groups is 1. The van der Waals surface area contributed by atoms with Gasteiger partial charge in [0.1, 0.15) is 5.82 Å². The maximum atomic E-state index is 12.9. The molecule has 0 aromatic heterocycles.